The maximum absolute atomic E-state index is 11.5. The van der Waals surface area contributed by atoms with Crippen molar-refractivity contribution < 1.29 is 14.3 Å². The molecule has 0 bridgehead atoms. The minimum Gasteiger partial charge on any atom is -0.469 e. The minimum absolute atomic E-state index is 0.142. The average Bonchev–Trinajstić information content (AvgIpc) is 2.60. The summed E-state index contributed by atoms with van der Waals surface area (Å²) in [5.74, 6) is -0.641. The molecule has 0 aliphatic heterocycles. The molecule has 0 saturated heterocycles. The molecule has 4 nitrogen and oxygen atoms in total. The molecular formula is C11H15NO3. The van der Waals surface area contributed by atoms with E-state index in [1.54, 1.807) is 0 Å². The molecule has 0 amide bonds. The lowest BCUT2D eigenvalue weighted by Crippen LogP contribution is -2.23. The van der Waals surface area contributed by atoms with Crippen LogP contribution in [0.2, 0.25) is 0 Å². The Labute approximate surface area is 89.2 Å². The molecule has 0 radical (unpaired) electrons. The van der Waals surface area contributed by atoms with E-state index in [2.05, 4.69) is 4.74 Å². The van der Waals surface area contributed by atoms with Gasteiger partial charge in [0, 0.05) is 18.8 Å². The van der Waals surface area contributed by atoms with Gasteiger partial charge in [-0.05, 0) is 19.3 Å². The fourth-order valence-electron chi connectivity index (χ4n) is 2.11. The van der Waals surface area contributed by atoms with E-state index in [0.717, 1.165) is 0 Å². The lowest BCUT2D eigenvalue weighted by Gasteiger charge is -2.14. The van der Waals surface area contributed by atoms with E-state index in [1.807, 2.05) is 6.07 Å². The van der Waals surface area contributed by atoms with Crippen LogP contribution in [0.5, 0.6) is 0 Å². The van der Waals surface area contributed by atoms with E-state index in [0.29, 0.717) is 32.1 Å². The molecule has 0 aromatic heterocycles. The number of carbonyl (C=O) groups is 2. The Hall–Kier alpha value is -1.37. The van der Waals surface area contributed by atoms with Gasteiger partial charge in [0.1, 0.15) is 5.78 Å². The van der Waals surface area contributed by atoms with E-state index in [9.17, 15) is 9.59 Å². The number of nitrogens with zero attached hydrogens (tertiary/aromatic N) is 1. The molecule has 1 rings (SSSR count). The van der Waals surface area contributed by atoms with Gasteiger partial charge < -0.3 is 4.74 Å². The van der Waals surface area contributed by atoms with Crippen molar-refractivity contribution >= 4 is 11.8 Å². The molecule has 0 spiro atoms. The van der Waals surface area contributed by atoms with E-state index in [-0.39, 0.29) is 23.6 Å². The number of unbranched alkanes of at least 4 members (excludes halogenated alkanes) is 1. The number of Topliss-reactive ketones (excluding diaryl/α,β-unsaturated/α-hetero) is 1. The number of hydrogen-bond donors (Lipinski definition) is 0. The van der Waals surface area contributed by atoms with Crippen LogP contribution < -0.4 is 0 Å². The molecule has 1 aliphatic carbocycles. The molecule has 82 valence electrons. The number of methoxy groups -OCH3 is 1. The van der Waals surface area contributed by atoms with E-state index < -0.39 is 0 Å². The molecule has 4 heteroatoms. The van der Waals surface area contributed by atoms with Crippen molar-refractivity contribution in [1.29, 1.82) is 5.26 Å². The molecule has 1 fully saturated rings. The fourth-order valence-corrected chi connectivity index (χ4v) is 2.11. The minimum atomic E-state index is -0.289. The number of hydrogen-bond acceptors (Lipinski definition) is 4. The number of rotatable bonds is 4. The first-order valence-corrected chi connectivity index (χ1v) is 5.18. The van der Waals surface area contributed by atoms with Gasteiger partial charge in [0.25, 0.3) is 0 Å². The molecule has 0 aromatic carbocycles. The number of esters is 1. The summed E-state index contributed by atoms with van der Waals surface area (Å²) in [4.78, 5) is 22.9. The molecule has 0 N–H and O–H groups in total. The molecule has 0 aromatic rings. The van der Waals surface area contributed by atoms with Gasteiger partial charge >= 0.3 is 5.97 Å². The van der Waals surface area contributed by atoms with Crippen LogP contribution in [-0.4, -0.2) is 18.9 Å². The Balaban J connectivity index is 2.53. The molecule has 0 heterocycles. The topological polar surface area (TPSA) is 67.2 Å². The first-order chi connectivity index (χ1) is 7.20. The Morgan fingerprint density at radius 3 is 3.00 bits per heavy atom. The molecule has 1 aliphatic rings. The third-order valence-corrected chi connectivity index (χ3v) is 2.91. The Morgan fingerprint density at radius 2 is 2.40 bits per heavy atom. The summed E-state index contributed by atoms with van der Waals surface area (Å²) in [5, 5.41) is 8.40. The van der Waals surface area contributed by atoms with Crippen LogP contribution in [0.4, 0.5) is 0 Å². The molecule has 2 unspecified atom stereocenters. The van der Waals surface area contributed by atoms with Gasteiger partial charge in [0.15, 0.2) is 0 Å². The maximum Gasteiger partial charge on any atom is 0.309 e. The van der Waals surface area contributed by atoms with Crippen molar-refractivity contribution in [3.8, 4) is 6.07 Å². The van der Waals surface area contributed by atoms with Crippen LogP contribution in [0.1, 0.15) is 32.1 Å². The van der Waals surface area contributed by atoms with Crippen LogP contribution in [0.25, 0.3) is 0 Å². The quantitative estimate of drug-likeness (QED) is 0.519. The zero-order valence-electron chi connectivity index (χ0n) is 8.86. The summed E-state index contributed by atoms with van der Waals surface area (Å²) in [6.07, 6.45) is 2.82. The van der Waals surface area contributed by atoms with Crippen molar-refractivity contribution in [1.82, 2.24) is 0 Å². The maximum atomic E-state index is 11.5. The van der Waals surface area contributed by atoms with Crippen LogP contribution in [0.3, 0.4) is 0 Å². The second-order valence-electron chi connectivity index (χ2n) is 3.79. The Morgan fingerprint density at radius 1 is 1.67 bits per heavy atom. The SMILES string of the molecule is COC(=O)C1CCC(=O)C1CCCC#N. The first kappa shape index (κ1) is 11.7. The van der Waals surface area contributed by atoms with E-state index in [1.165, 1.54) is 7.11 Å². The summed E-state index contributed by atoms with van der Waals surface area (Å²) >= 11 is 0. The number of ketones is 1. The summed E-state index contributed by atoms with van der Waals surface area (Å²) in [5.41, 5.74) is 0. The van der Waals surface area contributed by atoms with Crippen molar-refractivity contribution in [2.24, 2.45) is 11.8 Å². The summed E-state index contributed by atoms with van der Waals surface area (Å²) in [6, 6.07) is 2.04. The van der Waals surface area contributed by atoms with Gasteiger partial charge in [-0.25, -0.2) is 0 Å². The zero-order valence-corrected chi connectivity index (χ0v) is 8.86. The Kier molecular flexibility index (Phi) is 4.29. The van der Waals surface area contributed by atoms with Crippen molar-refractivity contribution in [2.75, 3.05) is 7.11 Å². The van der Waals surface area contributed by atoms with Crippen molar-refractivity contribution in [2.45, 2.75) is 32.1 Å². The smallest absolute Gasteiger partial charge is 0.309 e. The summed E-state index contributed by atoms with van der Waals surface area (Å²) in [7, 11) is 1.34. The first-order valence-electron chi connectivity index (χ1n) is 5.18. The number of carbonyl (C=O) groups excluding carboxylic acids is 2. The third-order valence-electron chi connectivity index (χ3n) is 2.91. The second kappa shape index (κ2) is 5.50. The monoisotopic (exact) mass is 209 g/mol. The van der Waals surface area contributed by atoms with Gasteiger partial charge in [-0.2, -0.15) is 5.26 Å². The summed E-state index contributed by atoms with van der Waals surface area (Å²) < 4.78 is 4.66. The highest BCUT2D eigenvalue weighted by atomic mass is 16.5. The molecule has 2 atom stereocenters. The molecule has 15 heavy (non-hydrogen) atoms. The fraction of sp³-hybridized carbons (Fsp3) is 0.727. The highest BCUT2D eigenvalue weighted by molar-refractivity contribution is 5.90. The largest absolute Gasteiger partial charge is 0.469 e. The van der Waals surface area contributed by atoms with Crippen LogP contribution in [0, 0.1) is 23.2 Å². The lowest BCUT2D eigenvalue weighted by molar-refractivity contribution is -0.147. The number of ether oxygens (including phenoxy) is 1. The van der Waals surface area contributed by atoms with Gasteiger partial charge in [0.05, 0.1) is 19.1 Å². The second-order valence-corrected chi connectivity index (χ2v) is 3.79. The predicted molar refractivity (Wildman–Crippen MR) is 52.7 cm³/mol. The highest BCUT2D eigenvalue weighted by Crippen LogP contribution is 2.33. The van der Waals surface area contributed by atoms with Crippen molar-refractivity contribution in [3.63, 3.8) is 0 Å². The lowest BCUT2D eigenvalue weighted by atomic mass is 9.90. The van der Waals surface area contributed by atoms with Gasteiger partial charge in [-0.3, -0.25) is 9.59 Å². The van der Waals surface area contributed by atoms with E-state index in [4.69, 9.17) is 5.26 Å². The predicted octanol–water partition coefficient (Wildman–Crippen LogP) is 1.45. The van der Waals surface area contributed by atoms with Gasteiger partial charge in [-0.15, -0.1) is 0 Å². The zero-order chi connectivity index (χ0) is 11.3. The van der Waals surface area contributed by atoms with Gasteiger partial charge in [-0.1, -0.05) is 0 Å². The van der Waals surface area contributed by atoms with Crippen molar-refractivity contribution in [3.05, 3.63) is 0 Å². The van der Waals surface area contributed by atoms with Crippen LogP contribution in [0.15, 0.2) is 0 Å². The Bertz CT molecular complexity index is 293. The average molecular weight is 209 g/mol. The summed E-state index contributed by atoms with van der Waals surface area (Å²) in [6.45, 7) is 0. The van der Waals surface area contributed by atoms with Crippen LogP contribution in [-0.2, 0) is 14.3 Å². The molecular weight excluding hydrogens is 194 g/mol. The standard InChI is InChI=1S/C11H15NO3/c1-15-11(14)9-5-6-10(13)8(9)4-2-3-7-12/h8-9H,2-6H2,1H3. The van der Waals surface area contributed by atoms with Gasteiger partial charge in [0.2, 0.25) is 0 Å². The van der Waals surface area contributed by atoms with Crippen LogP contribution >= 0.6 is 0 Å². The number of nitriles is 1. The van der Waals surface area contributed by atoms with E-state index >= 15 is 0 Å². The molecule has 1 saturated carbocycles. The normalized spacial score (nSPS) is 24.9. The third kappa shape index (κ3) is 2.79. The highest BCUT2D eigenvalue weighted by Gasteiger charge is 2.39.